The molecule has 5 nitrogen and oxygen atoms in total. The van der Waals surface area contributed by atoms with Crippen molar-refractivity contribution < 1.29 is 4.42 Å². The summed E-state index contributed by atoms with van der Waals surface area (Å²) in [6.07, 6.45) is 7.24. The normalized spacial score (nSPS) is 13.6. The Balaban J connectivity index is 0.994. The molecule has 10 aromatic rings. The molecule has 1 aliphatic rings. The largest absolute Gasteiger partial charge is 0.453 e. The van der Waals surface area contributed by atoms with Gasteiger partial charge in [0.1, 0.15) is 11.4 Å². The average Bonchev–Trinajstić information content (AvgIpc) is 3.75. The maximum absolute atomic E-state index is 7.13. The standard InChI is InChI=1S/C57H40N4O/c1-5-16-39(17-6-1)41-30-34-47(35-31-41)61(48-36-32-42(33-37-48)40-18-7-2-8-19-40)52-29-15-28-51-50-27-14-26-49(53(50)62-54(51)52)45-24-13-25-46(38-45)57-59-55(43-20-9-3-10-21-43)58-56(60-57)44-22-11-4-12-23-44/h1-37,46H,38H2. The number of anilines is 3. The smallest absolute Gasteiger partial charge is 0.163 e. The van der Waals surface area contributed by atoms with Crippen LogP contribution in [-0.4, -0.2) is 15.0 Å². The monoisotopic (exact) mass is 796 g/mol. The van der Waals surface area contributed by atoms with Gasteiger partial charge in [0.15, 0.2) is 17.2 Å². The number of nitrogens with zero attached hydrogens (tertiary/aromatic N) is 4. The minimum Gasteiger partial charge on any atom is -0.453 e. The quantitative estimate of drug-likeness (QED) is 0.146. The SMILES string of the molecule is C1=CC(c2nc(-c3ccccc3)nc(-c3ccccc3)n2)CC(c2cccc3c2oc2c(N(c4ccc(-c5ccccc5)cc4)c4ccc(-c5ccccc5)cc4)cccc23)=C1. The predicted octanol–water partition coefficient (Wildman–Crippen LogP) is 15.0. The van der Waals surface area contributed by atoms with E-state index in [1.165, 1.54) is 11.1 Å². The average molecular weight is 797 g/mol. The lowest BCUT2D eigenvalue weighted by atomic mass is 9.88. The Labute approximate surface area is 360 Å². The highest BCUT2D eigenvalue weighted by Gasteiger charge is 2.25. The molecule has 5 heteroatoms. The second-order valence-electron chi connectivity index (χ2n) is 15.6. The van der Waals surface area contributed by atoms with Gasteiger partial charge in [-0.2, -0.15) is 0 Å². The van der Waals surface area contributed by atoms with Gasteiger partial charge >= 0.3 is 0 Å². The van der Waals surface area contributed by atoms with E-state index < -0.39 is 0 Å². The van der Waals surface area contributed by atoms with Crippen LogP contribution in [0.15, 0.2) is 229 Å². The predicted molar refractivity (Wildman–Crippen MR) is 254 cm³/mol. The van der Waals surface area contributed by atoms with Crippen molar-refractivity contribution in [2.24, 2.45) is 0 Å². The molecule has 62 heavy (non-hydrogen) atoms. The van der Waals surface area contributed by atoms with Gasteiger partial charge in [0, 0.05) is 44.8 Å². The minimum absolute atomic E-state index is 0.0636. The first-order valence-corrected chi connectivity index (χ1v) is 21.0. The summed E-state index contributed by atoms with van der Waals surface area (Å²) in [6, 6.07) is 71.9. The van der Waals surface area contributed by atoms with E-state index in [2.05, 4.69) is 169 Å². The van der Waals surface area contributed by atoms with Crippen LogP contribution in [0.4, 0.5) is 17.1 Å². The number of hydrogen-bond donors (Lipinski definition) is 0. The van der Waals surface area contributed by atoms with E-state index in [-0.39, 0.29) is 5.92 Å². The molecule has 0 N–H and O–H groups in total. The third-order valence-electron chi connectivity index (χ3n) is 11.7. The molecule has 0 fully saturated rings. The minimum atomic E-state index is -0.0636. The van der Waals surface area contributed by atoms with Crippen LogP contribution >= 0.6 is 0 Å². The van der Waals surface area contributed by atoms with Crippen molar-refractivity contribution >= 4 is 44.6 Å². The number of rotatable bonds is 9. The summed E-state index contributed by atoms with van der Waals surface area (Å²) >= 11 is 0. The summed E-state index contributed by atoms with van der Waals surface area (Å²) in [4.78, 5) is 17.4. The van der Waals surface area contributed by atoms with Crippen molar-refractivity contribution in [2.75, 3.05) is 4.90 Å². The fourth-order valence-electron chi connectivity index (χ4n) is 8.58. The van der Waals surface area contributed by atoms with Gasteiger partial charge in [-0.25, -0.2) is 15.0 Å². The summed E-state index contributed by atoms with van der Waals surface area (Å²) in [5.41, 5.74) is 13.6. The van der Waals surface area contributed by atoms with Crippen LogP contribution < -0.4 is 4.90 Å². The van der Waals surface area contributed by atoms with Gasteiger partial charge in [0.2, 0.25) is 0 Å². The zero-order valence-electron chi connectivity index (χ0n) is 33.8. The molecule has 0 aliphatic heterocycles. The first-order chi connectivity index (χ1) is 30.7. The molecule has 0 amide bonds. The van der Waals surface area contributed by atoms with E-state index in [4.69, 9.17) is 19.4 Å². The van der Waals surface area contributed by atoms with Crippen molar-refractivity contribution in [1.29, 1.82) is 0 Å². The third-order valence-corrected chi connectivity index (χ3v) is 11.7. The van der Waals surface area contributed by atoms with E-state index in [0.29, 0.717) is 18.1 Å². The molecule has 1 unspecified atom stereocenters. The van der Waals surface area contributed by atoms with Gasteiger partial charge in [-0.15, -0.1) is 0 Å². The number of aromatic nitrogens is 3. The Kier molecular flexibility index (Phi) is 9.60. The van der Waals surface area contributed by atoms with Crippen molar-refractivity contribution in [1.82, 2.24) is 15.0 Å². The number of furan rings is 1. The summed E-state index contributed by atoms with van der Waals surface area (Å²) in [5, 5.41) is 2.13. The van der Waals surface area contributed by atoms with Crippen LogP contribution in [0.2, 0.25) is 0 Å². The van der Waals surface area contributed by atoms with Gasteiger partial charge in [0.25, 0.3) is 0 Å². The van der Waals surface area contributed by atoms with Crippen LogP contribution in [0.3, 0.4) is 0 Å². The Bertz CT molecular complexity index is 3090. The first kappa shape index (κ1) is 36.9. The number of hydrogen-bond acceptors (Lipinski definition) is 5. The van der Waals surface area contributed by atoms with E-state index >= 15 is 0 Å². The maximum atomic E-state index is 7.13. The van der Waals surface area contributed by atoms with E-state index in [1.54, 1.807) is 0 Å². The molecule has 1 aliphatic carbocycles. The highest BCUT2D eigenvalue weighted by atomic mass is 16.3. The lowest BCUT2D eigenvalue weighted by Crippen LogP contribution is -2.10. The molecular weight excluding hydrogens is 757 g/mol. The molecule has 8 aromatic carbocycles. The summed E-state index contributed by atoms with van der Waals surface area (Å²) in [6.45, 7) is 0. The van der Waals surface area contributed by atoms with Crippen LogP contribution in [-0.2, 0) is 0 Å². The lowest BCUT2D eigenvalue weighted by Gasteiger charge is -2.26. The van der Waals surface area contributed by atoms with E-state index in [9.17, 15) is 0 Å². The third kappa shape index (κ3) is 7.06. The van der Waals surface area contributed by atoms with Crippen molar-refractivity contribution in [3.63, 3.8) is 0 Å². The van der Waals surface area contributed by atoms with Crippen molar-refractivity contribution in [2.45, 2.75) is 12.3 Å². The first-order valence-electron chi connectivity index (χ1n) is 21.0. The molecule has 0 radical (unpaired) electrons. The van der Waals surface area contributed by atoms with E-state index in [0.717, 1.165) is 78.2 Å². The van der Waals surface area contributed by atoms with Gasteiger partial charge in [-0.1, -0.05) is 194 Å². The van der Waals surface area contributed by atoms with Gasteiger partial charge in [0.05, 0.1) is 5.69 Å². The van der Waals surface area contributed by atoms with Crippen LogP contribution in [0.25, 0.3) is 72.5 Å². The van der Waals surface area contributed by atoms with Crippen molar-refractivity contribution in [3.05, 3.63) is 236 Å². The van der Waals surface area contributed by atoms with Gasteiger partial charge in [-0.05, 0) is 64.6 Å². The Hall–Kier alpha value is -8.15. The molecule has 0 bridgehead atoms. The number of fused-ring (bicyclic) bond motifs is 3. The second kappa shape index (κ2) is 16.1. The molecule has 2 heterocycles. The number of allylic oxidation sites excluding steroid dienone is 4. The van der Waals surface area contributed by atoms with Crippen molar-refractivity contribution in [3.8, 4) is 45.0 Å². The highest BCUT2D eigenvalue weighted by Crippen LogP contribution is 2.45. The molecule has 11 rings (SSSR count). The zero-order chi connectivity index (χ0) is 41.2. The van der Waals surface area contributed by atoms with Crippen LogP contribution in [0, 0.1) is 0 Å². The Morgan fingerprint density at radius 2 is 0.887 bits per heavy atom. The van der Waals surface area contributed by atoms with Crippen LogP contribution in [0.5, 0.6) is 0 Å². The van der Waals surface area contributed by atoms with Gasteiger partial charge in [-0.3, -0.25) is 0 Å². The molecular formula is C57H40N4O. The lowest BCUT2D eigenvalue weighted by molar-refractivity contribution is 0.667. The topological polar surface area (TPSA) is 55.1 Å². The number of para-hydroxylation sites is 2. The fraction of sp³-hybridized carbons (Fsp3) is 0.0351. The Morgan fingerprint density at radius 1 is 0.419 bits per heavy atom. The molecule has 2 aromatic heterocycles. The molecule has 0 saturated heterocycles. The molecule has 0 saturated carbocycles. The number of benzene rings is 8. The van der Waals surface area contributed by atoms with Crippen LogP contribution in [0.1, 0.15) is 23.7 Å². The fourth-order valence-corrected chi connectivity index (χ4v) is 8.58. The summed E-state index contributed by atoms with van der Waals surface area (Å²) in [5.74, 6) is 2.01. The van der Waals surface area contributed by atoms with E-state index in [1.807, 2.05) is 60.7 Å². The zero-order valence-corrected chi connectivity index (χ0v) is 33.8. The molecule has 1 atom stereocenters. The van der Waals surface area contributed by atoms with Gasteiger partial charge < -0.3 is 9.32 Å². The summed E-state index contributed by atoms with van der Waals surface area (Å²) in [7, 11) is 0. The molecule has 0 spiro atoms. The second-order valence-corrected chi connectivity index (χ2v) is 15.6. The summed E-state index contributed by atoms with van der Waals surface area (Å²) < 4.78 is 7.13. The Morgan fingerprint density at radius 3 is 1.42 bits per heavy atom. The maximum Gasteiger partial charge on any atom is 0.163 e. The molecule has 294 valence electrons. The highest BCUT2D eigenvalue weighted by molar-refractivity contribution is 6.12.